The van der Waals surface area contributed by atoms with E-state index in [9.17, 15) is 9.59 Å². The summed E-state index contributed by atoms with van der Waals surface area (Å²) in [7, 11) is 0. The molecule has 1 amide bonds. The first-order chi connectivity index (χ1) is 12.9. The van der Waals surface area contributed by atoms with E-state index in [1.165, 1.54) is 23.0 Å². The summed E-state index contributed by atoms with van der Waals surface area (Å²) in [6.07, 6.45) is 3.97. The van der Waals surface area contributed by atoms with Gasteiger partial charge in [0.1, 0.15) is 5.00 Å². The van der Waals surface area contributed by atoms with Crippen molar-refractivity contribution in [1.82, 2.24) is 0 Å². The molecule has 0 aliphatic carbocycles. The molecule has 2 rings (SSSR count). The third-order valence-corrected chi connectivity index (χ3v) is 5.37. The number of anilines is 1. The van der Waals surface area contributed by atoms with Crippen molar-refractivity contribution in [3.63, 3.8) is 0 Å². The SMILES string of the molecule is CCOC(=O)c1c(NC(=O)C=Cc2ccc(C(C)C)cc2)sc(C)c1CC. The van der Waals surface area contributed by atoms with Gasteiger partial charge < -0.3 is 10.1 Å². The molecule has 0 unspecified atom stereocenters. The molecule has 1 heterocycles. The molecular weight excluding hydrogens is 358 g/mol. The number of rotatable bonds is 7. The van der Waals surface area contributed by atoms with Crippen LogP contribution in [0.5, 0.6) is 0 Å². The Hall–Kier alpha value is -2.40. The smallest absolute Gasteiger partial charge is 0.341 e. The van der Waals surface area contributed by atoms with Gasteiger partial charge in [0.2, 0.25) is 5.91 Å². The molecule has 0 fully saturated rings. The number of benzene rings is 1. The van der Waals surface area contributed by atoms with E-state index >= 15 is 0 Å². The van der Waals surface area contributed by atoms with Crippen LogP contribution in [0.2, 0.25) is 0 Å². The van der Waals surface area contributed by atoms with Gasteiger partial charge in [-0.3, -0.25) is 4.79 Å². The van der Waals surface area contributed by atoms with Crippen molar-refractivity contribution in [1.29, 1.82) is 0 Å². The van der Waals surface area contributed by atoms with Gasteiger partial charge in [-0.1, -0.05) is 45.0 Å². The molecule has 0 saturated heterocycles. The maximum absolute atomic E-state index is 12.4. The fraction of sp³-hybridized carbons (Fsp3) is 0.364. The molecule has 1 aromatic heterocycles. The normalized spacial score (nSPS) is 11.2. The Labute approximate surface area is 165 Å². The lowest BCUT2D eigenvalue weighted by atomic mass is 10.0. The first kappa shape index (κ1) is 20.9. The maximum atomic E-state index is 12.4. The molecule has 2 aromatic rings. The number of hydrogen-bond acceptors (Lipinski definition) is 4. The summed E-state index contributed by atoms with van der Waals surface area (Å²) in [5.41, 5.74) is 3.63. The highest BCUT2D eigenvalue weighted by molar-refractivity contribution is 7.16. The average Bonchev–Trinajstić information content (AvgIpc) is 2.95. The first-order valence-electron chi connectivity index (χ1n) is 9.25. The second-order valence-electron chi connectivity index (χ2n) is 6.56. The zero-order chi connectivity index (χ0) is 20.0. The monoisotopic (exact) mass is 385 g/mol. The summed E-state index contributed by atoms with van der Waals surface area (Å²) in [5, 5.41) is 3.39. The van der Waals surface area contributed by atoms with Crippen LogP contribution in [0.1, 0.15) is 65.5 Å². The summed E-state index contributed by atoms with van der Waals surface area (Å²) in [5.74, 6) is -0.179. The third kappa shape index (κ3) is 5.30. The Kier molecular flexibility index (Phi) is 7.36. The Morgan fingerprint density at radius 1 is 1.19 bits per heavy atom. The van der Waals surface area contributed by atoms with Gasteiger partial charge in [-0.25, -0.2) is 4.79 Å². The number of aryl methyl sites for hydroxylation is 1. The standard InChI is InChI=1S/C22H27NO3S/c1-6-18-15(5)27-21(20(18)22(25)26-7-2)23-19(24)13-10-16-8-11-17(12-9-16)14(3)4/h8-14H,6-7H2,1-5H3,(H,23,24). The number of thiophene rings is 1. The molecule has 1 aromatic carbocycles. The van der Waals surface area contributed by atoms with Crippen LogP contribution < -0.4 is 5.32 Å². The molecule has 0 atom stereocenters. The van der Waals surface area contributed by atoms with Crippen molar-refractivity contribution in [2.75, 3.05) is 11.9 Å². The summed E-state index contributed by atoms with van der Waals surface area (Å²) < 4.78 is 5.16. The Morgan fingerprint density at radius 3 is 2.41 bits per heavy atom. The van der Waals surface area contributed by atoms with Gasteiger partial charge in [-0.2, -0.15) is 0 Å². The number of nitrogens with one attached hydrogen (secondary N) is 1. The third-order valence-electron chi connectivity index (χ3n) is 4.31. The molecule has 1 N–H and O–H groups in total. The minimum absolute atomic E-state index is 0.266. The first-order valence-corrected chi connectivity index (χ1v) is 10.1. The van der Waals surface area contributed by atoms with Gasteiger partial charge in [0, 0.05) is 11.0 Å². The topological polar surface area (TPSA) is 55.4 Å². The van der Waals surface area contributed by atoms with Crippen molar-refractivity contribution >= 4 is 34.3 Å². The molecular formula is C22H27NO3S. The molecule has 0 aliphatic heterocycles. The summed E-state index contributed by atoms with van der Waals surface area (Å²) in [6, 6.07) is 8.12. The number of esters is 1. The molecule has 5 heteroatoms. The molecule has 0 saturated carbocycles. The second-order valence-corrected chi connectivity index (χ2v) is 7.78. The van der Waals surface area contributed by atoms with Gasteiger partial charge >= 0.3 is 5.97 Å². The van der Waals surface area contributed by atoms with E-state index in [-0.39, 0.29) is 11.9 Å². The average molecular weight is 386 g/mol. The Balaban J connectivity index is 2.16. The predicted octanol–water partition coefficient (Wildman–Crippen LogP) is 5.57. The Bertz CT molecular complexity index is 832. The number of hydrogen-bond donors (Lipinski definition) is 1. The van der Waals surface area contributed by atoms with Gasteiger partial charge in [-0.15, -0.1) is 11.3 Å². The number of carbonyl (C=O) groups is 2. The minimum atomic E-state index is -0.387. The van der Waals surface area contributed by atoms with E-state index < -0.39 is 0 Å². The van der Waals surface area contributed by atoms with Gasteiger partial charge in [0.15, 0.2) is 0 Å². The number of carbonyl (C=O) groups excluding carboxylic acids is 2. The zero-order valence-electron chi connectivity index (χ0n) is 16.6. The molecule has 4 nitrogen and oxygen atoms in total. The van der Waals surface area contributed by atoms with Crippen molar-refractivity contribution < 1.29 is 14.3 Å². The van der Waals surface area contributed by atoms with Crippen molar-refractivity contribution in [3.05, 3.63) is 57.5 Å². The molecule has 0 spiro atoms. The van der Waals surface area contributed by atoms with Crippen LogP contribution in [0.25, 0.3) is 6.08 Å². The summed E-state index contributed by atoms with van der Waals surface area (Å²) in [4.78, 5) is 25.7. The highest BCUT2D eigenvalue weighted by Gasteiger charge is 2.22. The van der Waals surface area contributed by atoms with Crippen molar-refractivity contribution in [2.24, 2.45) is 0 Å². The van der Waals surface area contributed by atoms with E-state index in [1.807, 2.05) is 26.0 Å². The van der Waals surface area contributed by atoms with Gasteiger partial charge in [0.05, 0.1) is 12.2 Å². The molecule has 0 aliphatic rings. The second kappa shape index (κ2) is 9.51. The van der Waals surface area contributed by atoms with Crippen LogP contribution in [-0.2, 0) is 16.0 Å². The van der Waals surface area contributed by atoms with E-state index in [1.54, 1.807) is 13.0 Å². The quantitative estimate of drug-likeness (QED) is 0.501. The molecule has 0 bridgehead atoms. The van der Waals surface area contributed by atoms with Crippen molar-refractivity contribution in [2.45, 2.75) is 47.0 Å². The van der Waals surface area contributed by atoms with Crippen LogP contribution >= 0.6 is 11.3 Å². The largest absolute Gasteiger partial charge is 0.462 e. The van der Waals surface area contributed by atoms with Crippen LogP contribution in [-0.4, -0.2) is 18.5 Å². The highest BCUT2D eigenvalue weighted by atomic mass is 32.1. The molecule has 0 radical (unpaired) electrons. The summed E-state index contributed by atoms with van der Waals surface area (Å²) in [6.45, 7) is 10.3. The lowest BCUT2D eigenvalue weighted by Gasteiger charge is -2.07. The zero-order valence-corrected chi connectivity index (χ0v) is 17.4. The predicted molar refractivity (Wildman–Crippen MR) is 113 cm³/mol. The summed E-state index contributed by atoms with van der Waals surface area (Å²) >= 11 is 1.41. The molecule has 144 valence electrons. The van der Waals surface area contributed by atoms with Crippen LogP contribution in [0.4, 0.5) is 5.00 Å². The fourth-order valence-electron chi connectivity index (χ4n) is 2.83. The van der Waals surface area contributed by atoms with Crippen LogP contribution in [0, 0.1) is 6.92 Å². The lowest BCUT2D eigenvalue weighted by Crippen LogP contribution is -2.13. The van der Waals surface area contributed by atoms with E-state index in [2.05, 4.69) is 31.3 Å². The van der Waals surface area contributed by atoms with Gasteiger partial charge in [-0.05, 0) is 49.0 Å². The van der Waals surface area contributed by atoms with Crippen LogP contribution in [0.15, 0.2) is 30.3 Å². The fourth-order valence-corrected chi connectivity index (χ4v) is 3.97. The van der Waals surface area contributed by atoms with Crippen molar-refractivity contribution in [3.8, 4) is 0 Å². The van der Waals surface area contributed by atoms with E-state index in [0.717, 1.165) is 16.0 Å². The minimum Gasteiger partial charge on any atom is -0.462 e. The number of amides is 1. The van der Waals surface area contributed by atoms with Crippen LogP contribution in [0.3, 0.4) is 0 Å². The number of ether oxygens (including phenoxy) is 1. The van der Waals surface area contributed by atoms with E-state index in [0.29, 0.717) is 29.5 Å². The van der Waals surface area contributed by atoms with E-state index in [4.69, 9.17) is 4.74 Å². The highest BCUT2D eigenvalue weighted by Crippen LogP contribution is 2.34. The lowest BCUT2D eigenvalue weighted by molar-refractivity contribution is -0.111. The maximum Gasteiger partial charge on any atom is 0.341 e. The molecule has 27 heavy (non-hydrogen) atoms. The Morgan fingerprint density at radius 2 is 1.85 bits per heavy atom. The van der Waals surface area contributed by atoms with Gasteiger partial charge in [0.25, 0.3) is 0 Å².